The number of fused-ring (bicyclic) bond motifs is 1. The first-order valence-corrected chi connectivity index (χ1v) is 8.66. The van der Waals surface area contributed by atoms with Crippen molar-refractivity contribution in [1.82, 2.24) is 14.5 Å². The lowest BCUT2D eigenvalue weighted by Gasteiger charge is -2.37. The first kappa shape index (κ1) is 20.0. The highest BCUT2D eigenvalue weighted by Gasteiger charge is 2.42. The molecule has 146 valence electrons. The van der Waals surface area contributed by atoms with Gasteiger partial charge in [0.2, 0.25) is 5.95 Å². The highest BCUT2D eigenvalue weighted by molar-refractivity contribution is 5.85. The lowest BCUT2D eigenvalue weighted by Crippen LogP contribution is -2.55. The van der Waals surface area contributed by atoms with Crippen molar-refractivity contribution in [3.05, 3.63) is 53.9 Å². The summed E-state index contributed by atoms with van der Waals surface area (Å²) in [6.45, 7) is 0.644. The number of hydrogen-bond acceptors (Lipinski definition) is 5. The van der Waals surface area contributed by atoms with Crippen LogP contribution in [0.2, 0.25) is 0 Å². The van der Waals surface area contributed by atoms with E-state index in [-0.39, 0.29) is 31.9 Å². The largest absolute Gasteiger partial charge is 0.340 e. The zero-order chi connectivity index (χ0) is 19.0. The summed E-state index contributed by atoms with van der Waals surface area (Å²) < 4.78 is 29.5. The molecule has 2 aromatic heterocycles. The maximum Gasteiger partial charge on any atom is 0.266 e. The highest BCUT2D eigenvalue weighted by atomic mass is 35.5. The maximum absolute atomic E-state index is 13.8. The number of benzene rings is 1. The Balaban J connectivity index is 0.00000225. The third-order valence-corrected chi connectivity index (χ3v) is 4.87. The molecule has 1 aromatic carbocycles. The van der Waals surface area contributed by atoms with Crippen molar-refractivity contribution < 1.29 is 8.78 Å². The van der Waals surface area contributed by atoms with Crippen molar-refractivity contribution in [2.45, 2.75) is 24.9 Å². The van der Waals surface area contributed by atoms with Crippen molar-refractivity contribution >= 4 is 29.4 Å². The van der Waals surface area contributed by atoms with Gasteiger partial charge in [0.1, 0.15) is 6.07 Å². The number of imidazole rings is 1. The predicted molar refractivity (Wildman–Crippen MR) is 105 cm³/mol. The summed E-state index contributed by atoms with van der Waals surface area (Å²) in [6.07, 6.45) is 1.22. The van der Waals surface area contributed by atoms with E-state index in [0.717, 1.165) is 16.7 Å². The van der Waals surface area contributed by atoms with E-state index in [9.17, 15) is 8.78 Å². The molecule has 6 nitrogen and oxygen atoms in total. The third-order valence-electron chi connectivity index (χ3n) is 4.87. The number of halogens is 3. The van der Waals surface area contributed by atoms with E-state index in [4.69, 9.17) is 11.0 Å². The number of anilines is 1. The summed E-state index contributed by atoms with van der Waals surface area (Å²) in [4.78, 5) is 10.8. The zero-order valence-corrected chi connectivity index (χ0v) is 15.7. The van der Waals surface area contributed by atoms with Gasteiger partial charge in [-0.1, -0.05) is 12.1 Å². The summed E-state index contributed by atoms with van der Waals surface area (Å²) >= 11 is 0. The van der Waals surface area contributed by atoms with E-state index >= 15 is 0 Å². The van der Waals surface area contributed by atoms with Crippen LogP contribution in [0.25, 0.3) is 11.0 Å². The van der Waals surface area contributed by atoms with Gasteiger partial charge >= 0.3 is 0 Å². The minimum atomic E-state index is -2.86. The van der Waals surface area contributed by atoms with Crippen molar-refractivity contribution in [2.24, 2.45) is 5.73 Å². The van der Waals surface area contributed by atoms with Crippen LogP contribution in [-0.2, 0) is 6.54 Å². The number of hydrogen-bond donors (Lipinski definition) is 1. The van der Waals surface area contributed by atoms with Crippen LogP contribution in [0.5, 0.6) is 0 Å². The summed E-state index contributed by atoms with van der Waals surface area (Å²) in [6, 6.07) is 11.9. The topological polar surface area (TPSA) is 83.8 Å². The molecule has 0 bridgehead atoms. The second kappa shape index (κ2) is 7.70. The molecule has 2 N–H and O–H groups in total. The van der Waals surface area contributed by atoms with Gasteiger partial charge in [-0.3, -0.25) is 4.98 Å². The van der Waals surface area contributed by atoms with Crippen molar-refractivity contribution in [3.63, 3.8) is 0 Å². The molecule has 1 fully saturated rings. The minimum absolute atomic E-state index is 0. The van der Waals surface area contributed by atoms with Crippen molar-refractivity contribution in [3.8, 4) is 6.07 Å². The molecule has 0 aliphatic carbocycles. The summed E-state index contributed by atoms with van der Waals surface area (Å²) in [5, 5.41) is 8.92. The second-order valence-electron chi connectivity index (χ2n) is 6.70. The summed E-state index contributed by atoms with van der Waals surface area (Å²) in [5.74, 6) is -2.25. The molecule has 0 radical (unpaired) electrons. The maximum atomic E-state index is 13.8. The Labute approximate surface area is 167 Å². The fourth-order valence-electron chi connectivity index (χ4n) is 3.32. The number of rotatable bonds is 3. The van der Waals surface area contributed by atoms with E-state index in [0.29, 0.717) is 18.1 Å². The van der Waals surface area contributed by atoms with Gasteiger partial charge < -0.3 is 15.2 Å². The van der Waals surface area contributed by atoms with Crippen LogP contribution < -0.4 is 10.6 Å². The number of alkyl halides is 2. The van der Waals surface area contributed by atoms with Crippen LogP contribution in [0.4, 0.5) is 14.7 Å². The molecular formula is C19H19ClF2N6. The van der Waals surface area contributed by atoms with Crippen molar-refractivity contribution in [2.75, 3.05) is 18.0 Å². The molecule has 3 aromatic rings. The first-order valence-electron chi connectivity index (χ1n) is 8.66. The first-order chi connectivity index (χ1) is 13.0. The van der Waals surface area contributed by atoms with Crippen LogP contribution >= 0.6 is 12.4 Å². The SMILES string of the molecule is Cl.N#Cc1ccc(Cn2c(N3CCC(F)(F)[C@H](N)C3)nc3ccccc32)nc1. The van der Waals surface area contributed by atoms with Gasteiger partial charge in [-0.05, 0) is 24.3 Å². The average molecular weight is 405 g/mol. The molecule has 0 spiro atoms. The molecule has 1 aliphatic rings. The van der Waals surface area contributed by atoms with E-state index < -0.39 is 12.0 Å². The van der Waals surface area contributed by atoms with Gasteiger partial charge in [0.05, 0.1) is 34.9 Å². The number of nitrogens with zero attached hydrogens (tertiary/aromatic N) is 5. The summed E-state index contributed by atoms with van der Waals surface area (Å²) in [7, 11) is 0. The van der Waals surface area contributed by atoms with Gasteiger partial charge in [0.15, 0.2) is 0 Å². The van der Waals surface area contributed by atoms with E-state index in [1.54, 1.807) is 12.1 Å². The van der Waals surface area contributed by atoms with Crippen LogP contribution in [0.1, 0.15) is 17.7 Å². The lowest BCUT2D eigenvalue weighted by atomic mass is 10.0. The zero-order valence-electron chi connectivity index (χ0n) is 14.9. The quantitative estimate of drug-likeness (QED) is 0.725. The Hall–Kier alpha value is -2.76. The molecule has 3 heterocycles. The van der Waals surface area contributed by atoms with Gasteiger partial charge in [0, 0.05) is 25.7 Å². The molecule has 9 heteroatoms. The smallest absolute Gasteiger partial charge is 0.266 e. The number of aromatic nitrogens is 3. The number of para-hydroxylation sites is 2. The van der Waals surface area contributed by atoms with Crippen LogP contribution in [0.15, 0.2) is 42.6 Å². The molecule has 1 atom stereocenters. The Morgan fingerprint density at radius 2 is 2.04 bits per heavy atom. The van der Waals surface area contributed by atoms with Crippen molar-refractivity contribution in [1.29, 1.82) is 5.26 Å². The lowest BCUT2D eigenvalue weighted by molar-refractivity contribution is -0.0395. The van der Waals surface area contributed by atoms with E-state index in [1.807, 2.05) is 39.8 Å². The van der Waals surface area contributed by atoms with Gasteiger partial charge in [0.25, 0.3) is 5.92 Å². The number of piperidine rings is 1. The van der Waals surface area contributed by atoms with E-state index in [2.05, 4.69) is 9.97 Å². The number of nitrogens with two attached hydrogens (primary N) is 1. The normalized spacial score (nSPS) is 18.5. The van der Waals surface area contributed by atoms with Gasteiger partial charge in [-0.2, -0.15) is 5.26 Å². The molecule has 0 amide bonds. The Bertz CT molecular complexity index is 1010. The molecule has 1 saturated heterocycles. The second-order valence-corrected chi connectivity index (χ2v) is 6.70. The number of pyridine rings is 1. The summed E-state index contributed by atoms with van der Waals surface area (Å²) in [5.41, 5.74) is 8.61. The van der Waals surface area contributed by atoms with Crippen LogP contribution in [0.3, 0.4) is 0 Å². The molecule has 1 aliphatic heterocycles. The third kappa shape index (κ3) is 3.63. The highest BCUT2D eigenvalue weighted by Crippen LogP contribution is 2.31. The molecule has 28 heavy (non-hydrogen) atoms. The fraction of sp³-hybridized carbons (Fsp3) is 0.316. The van der Waals surface area contributed by atoms with Gasteiger partial charge in [-0.25, -0.2) is 13.8 Å². The van der Waals surface area contributed by atoms with Gasteiger partial charge in [-0.15, -0.1) is 12.4 Å². The predicted octanol–water partition coefficient (Wildman–Crippen LogP) is 2.95. The van der Waals surface area contributed by atoms with Crippen LogP contribution in [0, 0.1) is 11.3 Å². The fourth-order valence-corrected chi connectivity index (χ4v) is 3.32. The van der Waals surface area contributed by atoms with Crippen LogP contribution in [-0.4, -0.2) is 39.6 Å². The Morgan fingerprint density at radius 3 is 2.71 bits per heavy atom. The Morgan fingerprint density at radius 1 is 1.25 bits per heavy atom. The molecule has 0 saturated carbocycles. The Kier molecular flexibility index (Phi) is 5.49. The monoisotopic (exact) mass is 404 g/mol. The molecular weight excluding hydrogens is 386 g/mol. The number of nitriles is 1. The molecule has 0 unspecified atom stereocenters. The van der Waals surface area contributed by atoms with E-state index in [1.165, 1.54) is 6.20 Å². The standard InChI is InChI=1S/C19H18F2N6.ClH/c20-19(21)7-8-26(12-17(19)23)18-25-15-3-1-2-4-16(15)27(18)11-14-6-5-13(9-22)10-24-14;/h1-6,10,17H,7-8,11-12,23H2;1H/t17-;/m1./s1. The average Bonchev–Trinajstić information content (AvgIpc) is 3.03. The minimum Gasteiger partial charge on any atom is -0.340 e. The molecule has 4 rings (SSSR count).